The Bertz CT molecular complexity index is 543. The quantitative estimate of drug-likeness (QED) is 0.864. The van der Waals surface area contributed by atoms with Crippen LogP contribution in [0.5, 0.6) is 0 Å². The van der Waals surface area contributed by atoms with Gasteiger partial charge in [0.15, 0.2) is 0 Å². The Morgan fingerprint density at radius 2 is 2.05 bits per heavy atom. The third-order valence-corrected chi connectivity index (χ3v) is 3.68. The molecule has 1 N–H and O–H groups in total. The lowest BCUT2D eigenvalue weighted by Crippen LogP contribution is -2.46. The number of aliphatic hydroxyl groups is 1. The Morgan fingerprint density at radius 1 is 1.38 bits per heavy atom. The summed E-state index contributed by atoms with van der Waals surface area (Å²) in [6.45, 7) is 11.0. The van der Waals surface area contributed by atoms with E-state index in [-0.39, 0.29) is 18.1 Å². The topological polar surface area (TPSA) is 49.8 Å². The van der Waals surface area contributed by atoms with Crippen molar-refractivity contribution in [3.8, 4) is 0 Å². The zero-order valence-electron chi connectivity index (χ0n) is 13.6. The number of carbonyl (C=O) groups is 1. The Hall–Kier alpha value is -1.55. The smallest absolute Gasteiger partial charge is 0.410 e. The molecule has 1 aromatic carbocycles. The predicted molar refractivity (Wildman–Crippen MR) is 82.0 cm³/mol. The lowest BCUT2D eigenvalue weighted by atomic mass is 9.78. The Morgan fingerprint density at radius 3 is 2.62 bits per heavy atom. The van der Waals surface area contributed by atoms with Gasteiger partial charge in [0.2, 0.25) is 0 Å². The van der Waals surface area contributed by atoms with Crippen LogP contribution in [-0.2, 0) is 23.3 Å². The lowest BCUT2D eigenvalue weighted by Gasteiger charge is -2.40. The van der Waals surface area contributed by atoms with Crippen molar-refractivity contribution in [2.75, 3.05) is 6.54 Å². The number of benzene rings is 1. The van der Waals surface area contributed by atoms with Crippen LogP contribution in [-0.4, -0.2) is 28.2 Å². The molecule has 0 fully saturated rings. The van der Waals surface area contributed by atoms with E-state index in [0.717, 1.165) is 11.1 Å². The molecule has 1 aromatic rings. The highest BCUT2D eigenvalue weighted by Gasteiger charge is 2.35. The van der Waals surface area contributed by atoms with Gasteiger partial charge in [-0.05, 0) is 37.5 Å². The molecule has 116 valence electrons. The molecule has 0 bridgehead atoms. The highest BCUT2D eigenvalue weighted by Crippen LogP contribution is 2.34. The van der Waals surface area contributed by atoms with Crippen LogP contribution in [0.4, 0.5) is 4.79 Å². The van der Waals surface area contributed by atoms with Crippen molar-refractivity contribution in [3.05, 3.63) is 34.9 Å². The number of carbonyl (C=O) groups excluding carboxylic acids is 1. The van der Waals surface area contributed by atoms with E-state index in [9.17, 15) is 9.90 Å². The van der Waals surface area contributed by atoms with E-state index >= 15 is 0 Å². The summed E-state index contributed by atoms with van der Waals surface area (Å²) in [5, 5.41) is 9.29. The molecule has 0 spiro atoms. The molecule has 0 saturated heterocycles. The van der Waals surface area contributed by atoms with Gasteiger partial charge in [-0.15, -0.1) is 0 Å². The lowest BCUT2D eigenvalue weighted by molar-refractivity contribution is 0.0174. The maximum absolute atomic E-state index is 12.3. The molecule has 1 amide bonds. The maximum Gasteiger partial charge on any atom is 0.410 e. The number of ether oxygens (including phenoxy) is 1. The molecule has 1 aliphatic heterocycles. The minimum atomic E-state index is -0.492. The SMILES string of the molecule is CC(C)(C)OC(=O)N1Cc2cc(CO)ccc2C(C)(C)C1. The molecule has 0 aliphatic carbocycles. The Labute approximate surface area is 126 Å². The fourth-order valence-electron chi connectivity index (χ4n) is 2.82. The van der Waals surface area contributed by atoms with Crippen molar-refractivity contribution in [1.82, 2.24) is 4.90 Å². The summed E-state index contributed by atoms with van der Waals surface area (Å²) < 4.78 is 5.48. The van der Waals surface area contributed by atoms with E-state index in [0.29, 0.717) is 13.1 Å². The van der Waals surface area contributed by atoms with Crippen molar-refractivity contribution in [2.24, 2.45) is 0 Å². The van der Waals surface area contributed by atoms with Crippen LogP contribution in [0.2, 0.25) is 0 Å². The number of amides is 1. The molecular weight excluding hydrogens is 266 g/mol. The fraction of sp³-hybridized carbons (Fsp3) is 0.588. The molecule has 2 rings (SSSR count). The Kier molecular flexibility index (Phi) is 4.02. The standard InChI is InChI=1S/C17H25NO3/c1-16(2,3)21-15(20)18-9-13-8-12(10-19)6-7-14(13)17(4,5)11-18/h6-8,19H,9-11H2,1-5H3. The number of rotatable bonds is 1. The summed E-state index contributed by atoms with van der Waals surface area (Å²) in [6.07, 6.45) is -0.282. The second-order valence-corrected chi connectivity index (χ2v) is 7.37. The molecule has 1 heterocycles. The van der Waals surface area contributed by atoms with Crippen LogP contribution in [0.15, 0.2) is 18.2 Å². The molecule has 0 saturated carbocycles. The summed E-state index contributed by atoms with van der Waals surface area (Å²) >= 11 is 0. The van der Waals surface area contributed by atoms with Crippen molar-refractivity contribution >= 4 is 6.09 Å². The molecule has 0 aromatic heterocycles. The van der Waals surface area contributed by atoms with E-state index in [2.05, 4.69) is 19.9 Å². The zero-order valence-corrected chi connectivity index (χ0v) is 13.6. The first-order chi connectivity index (χ1) is 9.62. The van der Waals surface area contributed by atoms with Crippen LogP contribution >= 0.6 is 0 Å². The minimum absolute atomic E-state index is 0.0140. The first-order valence-electron chi connectivity index (χ1n) is 7.33. The van der Waals surface area contributed by atoms with E-state index in [1.54, 1.807) is 4.90 Å². The van der Waals surface area contributed by atoms with E-state index in [1.165, 1.54) is 5.56 Å². The van der Waals surface area contributed by atoms with Gasteiger partial charge >= 0.3 is 6.09 Å². The molecule has 4 heteroatoms. The van der Waals surface area contributed by atoms with Crippen LogP contribution < -0.4 is 0 Å². The third kappa shape index (κ3) is 3.56. The number of hydrogen-bond acceptors (Lipinski definition) is 3. The van der Waals surface area contributed by atoms with E-state index < -0.39 is 5.60 Å². The van der Waals surface area contributed by atoms with Gasteiger partial charge < -0.3 is 14.7 Å². The van der Waals surface area contributed by atoms with Crippen molar-refractivity contribution in [2.45, 2.75) is 58.8 Å². The molecule has 0 atom stereocenters. The Balaban J connectivity index is 2.29. The molecule has 0 radical (unpaired) electrons. The first-order valence-corrected chi connectivity index (χ1v) is 7.33. The van der Waals surface area contributed by atoms with Crippen LogP contribution in [0.3, 0.4) is 0 Å². The zero-order chi connectivity index (χ0) is 15.8. The third-order valence-electron chi connectivity index (χ3n) is 3.68. The van der Waals surface area contributed by atoms with Gasteiger partial charge in [0.1, 0.15) is 5.60 Å². The van der Waals surface area contributed by atoms with Gasteiger partial charge in [-0.2, -0.15) is 0 Å². The number of hydrogen-bond donors (Lipinski definition) is 1. The summed E-state index contributed by atoms with van der Waals surface area (Å²) in [7, 11) is 0. The molecule has 21 heavy (non-hydrogen) atoms. The van der Waals surface area contributed by atoms with Gasteiger partial charge in [-0.3, -0.25) is 0 Å². The van der Waals surface area contributed by atoms with Crippen LogP contribution in [0.1, 0.15) is 51.3 Å². The average Bonchev–Trinajstić information content (AvgIpc) is 2.35. The fourth-order valence-corrected chi connectivity index (χ4v) is 2.82. The van der Waals surface area contributed by atoms with E-state index in [4.69, 9.17) is 4.74 Å². The van der Waals surface area contributed by atoms with Crippen LogP contribution in [0, 0.1) is 0 Å². The summed E-state index contributed by atoms with van der Waals surface area (Å²) in [6, 6.07) is 5.99. The highest BCUT2D eigenvalue weighted by molar-refractivity contribution is 5.69. The van der Waals surface area contributed by atoms with Gasteiger partial charge in [-0.25, -0.2) is 4.79 Å². The van der Waals surface area contributed by atoms with E-state index in [1.807, 2.05) is 32.9 Å². The largest absolute Gasteiger partial charge is 0.444 e. The van der Waals surface area contributed by atoms with Crippen molar-refractivity contribution < 1.29 is 14.6 Å². The van der Waals surface area contributed by atoms with Crippen molar-refractivity contribution in [1.29, 1.82) is 0 Å². The van der Waals surface area contributed by atoms with Gasteiger partial charge in [-0.1, -0.05) is 32.0 Å². The molecule has 0 unspecified atom stereocenters. The normalized spacial score (nSPS) is 17.3. The second-order valence-electron chi connectivity index (χ2n) is 7.37. The number of nitrogens with zero attached hydrogens (tertiary/aromatic N) is 1. The monoisotopic (exact) mass is 291 g/mol. The summed E-state index contributed by atoms with van der Waals surface area (Å²) in [5.41, 5.74) is 2.58. The first kappa shape index (κ1) is 15.8. The number of aliphatic hydroxyl groups excluding tert-OH is 1. The molecule has 1 aliphatic rings. The second kappa shape index (κ2) is 5.34. The van der Waals surface area contributed by atoms with Gasteiger partial charge in [0.05, 0.1) is 6.61 Å². The summed E-state index contributed by atoms with van der Waals surface area (Å²) in [4.78, 5) is 14.1. The van der Waals surface area contributed by atoms with Crippen molar-refractivity contribution in [3.63, 3.8) is 0 Å². The minimum Gasteiger partial charge on any atom is -0.444 e. The maximum atomic E-state index is 12.3. The predicted octanol–water partition coefficient (Wildman–Crippen LogP) is 3.21. The molecule has 4 nitrogen and oxygen atoms in total. The highest BCUT2D eigenvalue weighted by atomic mass is 16.6. The van der Waals surface area contributed by atoms with Gasteiger partial charge in [0.25, 0.3) is 0 Å². The number of fused-ring (bicyclic) bond motifs is 1. The summed E-state index contributed by atoms with van der Waals surface area (Å²) in [5.74, 6) is 0. The van der Waals surface area contributed by atoms with Crippen LogP contribution in [0.25, 0.3) is 0 Å². The van der Waals surface area contributed by atoms with Gasteiger partial charge in [0, 0.05) is 18.5 Å². The molecular formula is C17H25NO3. The average molecular weight is 291 g/mol.